The molecular formula is C14H22N2O6S. The van der Waals surface area contributed by atoms with Crippen LogP contribution in [0.4, 0.5) is 0 Å². The number of hydrogen-bond acceptors (Lipinski definition) is 7. The fourth-order valence-corrected chi connectivity index (χ4v) is 3.61. The van der Waals surface area contributed by atoms with Gasteiger partial charge in [-0.3, -0.25) is 0 Å². The Morgan fingerprint density at radius 1 is 1.48 bits per heavy atom. The van der Waals surface area contributed by atoms with E-state index in [1.54, 1.807) is 14.0 Å². The predicted octanol–water partition coefficient (Wildman–Crippen LogP) is 0.503. The highest BCUT2D eigenvalue weighted by atomic mass is 32.2. The third-order valence-electron chi connectivity index (χ3n) is 3.68. The van der Waals surface area contributed by atoms with E-state index in [9.17, 15) is 13.2 Å². The molecule has 0 aromatic carbocycles. The van der Waals surface area contributed by atoms with Crippen molar-refractivity contribution in [1.29, 1.82) is 0 Å². The van der Waals surface area contributed by atoms with E-state index >= 15 is 0 Å². The Morgan fingerprint density at radius 2 is 2.26 bits per heavy atom. The Morgan fingerprint density at radius 3 is 2.87 bits per heavy atom. The van der Waals surface area contributed by atoms with E-state index in [4.69, 9.17) is 13.9 Å². The number of carbonyl (C=O) groups is 1. The van der Waals surface area contributed by atoms with Gasteiger partial charge in [0.1, 0.15) is 0 Å². The zero-order valence-electron chi connectivity index (χ0n) is 13.3. The van der Waals surface area contributed by atoms with Crippen molar-refractivity contribution in [2.75, 3.05) is 33.4 Å². The Hall–Kier alpha value is -1.42. The fourth-order valence-electron chi connectivity index (χ4n) is 2.55. The maximum absolute atomic E-state index is 12.3. The molecule has 1 aromatic heterocycles. The lowest BCUT2D eigenvalue weighted by Crippen LogP contribution is -2.52. The van der Waals surface area contributed by atoms with Crippen LogP contribution >= 0.6 is 0 Å². The summed E-state index contributed by atoms with van der Waals surface area (Å²) in [7, 11) is -2.27. The van der Waals surface area contributed by atoms with Crippen LogP contribution in [0.2, 0.25) is 0 Å². The monoisotopic (exact) mass is 346 g/mol. The molecule has 0 aliphatic carbocycles. The molecule has 0 saturated carbocycles. The van der Waals surface area contributed by atoms with Crippen LogP contribution < -0.4 is 10.0 Å². The molecule has 2 rings (SSSR count). The molecule has 1 aromatic rings. The van der Waals surface area contributed by atoms with Gasteiger partial charge in [-0.25, -0.2) is 17.9 Å². The van der Waals surface area contributed by atoms with Crippen molar-refractivity contribution in [3.8, 4) is 0 Å². The Labute approximate surface area is 135 Å². The molecule has 1 aliphatic rings. The van der Waals surface area contributed by atoms with Crippen LogP contribution in [0.1, 0.15) is 30.3 Å². The summed E-state index contributed by atoms with van der Waals surface area (Å²) >= 11 is 0. The van der Waals surface area contributed by atoms with E-state index in [-0.39, 0.29) is 24.0 Å². The minimum Gasteiger partial charge on any atom is -0.460 e. The zero-order valence-corrected chi connectivity index (χ0v) is 14.1. The summed E-state index contributed by atoms with van der Waals surface area (Å²) in [5.41, 5.74) is -0.418. The van der Waals surface area contributed by atoms with Gasteiger partial charge in [0, 0.05) is 13.7 Å². The van der Waals surface area contributed by atoms with E-state index in [0.717, 1.165) is 19.4 Å². The smallest absolute Gasteiger partial charge is 0.374 e. The number of esters is 1. The first-order chi connectivity index (χ1) is 10.9. The molecule has 0 bridgehead atoms. The van der Waals surface area contributed by atoms with Gasteiger partial charge in [-0.15, -0.1) is 0 Å². The van der Waals surface area contributed by atoms with Gasteiger partial charge in [0.15, 0.2) is 0 Å². The number of sulfonamides is 1. The highest BCUT2D eigenvalue weighted by molar-refractivity contribution is 7.89. The highest BCUT2D eigenvalue weighted by Crippen LogP contribution is 2.21. The molecule has 9 heteroatoms. The molecule has 0 radical (unpaired) electrons. The second-order valence-electron chi connectivity index (χ2n) is 5.41. The molecule has 1 aliphatic heterocycles. The summed E-state index contributed by atoms with van der Waals surface area (Å²) in [6, 6.07) is 2.52. The lowest BCUT2D eigenvalue weighted by atomic mass is 9.99. The van der Waals surface area contributed by atoms with Crippen LogP contribution in [0.5, 0.6) is 0 Å². The first-order valence-electron chi connectivity index (χ1n) is 7.43. The Balaban J connectivity index is 2.05. The van der Waals surface area contributed by atoms with Gasteiger partial charge in [0.2, 0.25) is 10.9 Å². The first kappa shape index (κ1) is 17.9. The van der Waals surface area contributed by atoms with Gasteiger partial charge in [-0.05, 0) is 38.4 Å². The van der Waals surface area contributed by atoms with Crippen molar-refractivity contribution in [2.24, 2.45) is 0 Å². The molecule has 2 N–H and O–H groups in total. The molecule has 1 atom stereocenters. The van der Waals surface area contributed by atoms with Crippen molar-refractivity contribution >= 4 is 16.0 Å². The van der Waals surface area contributed by atoms with Crippen LogP contribution in [-0.2, 0) is 19.5 Å². The standard InChI is InChI=1S/C14H22N2O6S/c1-3-21-13(17)11-5-6-12(22-11)23(18,19)16-9-14(10-20-2)7-4-8-15-14/h5-6,15-16H,3-4,7-10H2,1-2H3. The van der Waals surface area contributed by atoms with Crippen molar-refractivity contribution < 1.29 is 27.1 Å². The van der Waals surface area contributed by atoms with Gasteiger partial charge in [0.25, 0.3) is 10.0 Å². The molecule has 130 valence electrons. The fraction of sp³-hybridized carbons (Fsp3) is 0.643. The van der Waals surface area contributed by atoms with E-state index in [0.29, 0.717) is 6.61 Å². The molecule has 1 fully saturated rings. The molecular weight excluding hydrogens is 324 g/mol. The lowest BCUT2D eigenvalue weighted by molar-refractivity contribution is 0.0484. The molecule has 2 heterocycles. The zero-order chi connectivity index (χ0) is 16.9. The third kappa shape index (κ3) is 4.31. The maximum Gasteiger partial charge on any atom is 0.374 e. The normalized spacial score (nSPS) is 21.5. The molecule has 0 amide bonds. The van der Waals surface area contributed by atoms with Crippen molar-refractivity contribution in [1.82, 2.24) is 10.0 Å². The van der Waals surface area contributed by atoms with Crippen molar-refractivity contribution in [3.05, 3.63) is 17.9 Å². The van der Waals surface area contributed by atoms with E-state index in [1.165, 1.54) is 12.1 Å². The van der Waals surface area contributed by atoms with Crippen LogP contribution in [0.3, 0.4) is 0 Å². The number of carbonyl (C=O) groups excluding carboxylic acids is 1. The van der Waals surface area contributed by atoms with Crippen molar-refractivity contribution in [3.63, 3.8) is 0 Å². The number of furan rings is 1. The summed E-state index contributed by atoms with van der Waals surface area (Å²) in [6.07, 6.45) is 1.77. The van der Waals surface area contributed by atoms with Gasteiger partial charge in [-0.2, -0.15) is 0 Å². The van der Waals surface area contributed by atoms with Gasteiger partial charge in [0.05, 0.1) is 18.8 Å². The second kappa shape index (κ2) is 7.43. The minimum absolute atomic E-state index is 0.141. The third-order valence-corrected chi connectivity index (χ3v) is 4.95. The van der Waals surface area contributed by atoms with Crippen LogP contribution in [0.25, 0.3) is 0 Å². The van der Waals surface area contributed by atoms with Gasteiger partial charge < -0.3 is 19.2 Å². The summed E-state index contributed by atoms with van der Waals surface area (Å²) < 4.78 is 42.2. The maximum atomic E-state index is 12.3. The Kier molecular flexibility index (Phi) is 5.79. The summed E-state index contributed by atoms with van der Waals surface area (Å²) in [6.45, 7) is 3.24. The van der Waals surface area contributed by atoms with Gasteiger partial charge in [-0.1, -0.05) is 0 Å². The Bertz CT molecular complexity index is 633. The average molecular weight is 346 g/mol. The number of ether oxygens (including phenoxy) is 2. The topological polar surface area (TPSA) is 107 Å². The second-order valence-corrected chi connectivity index (χ2v) is 7.11. The molecule has 1 saturated heterocycles. The molecule has 23 heavy (non-hydrogen) atoms. The quantitative estimate of drug-likeness (QED) is 0.660. The molecule has 8 nitrogen and oxygen atoms in total. The van der Waals surface area contributed by atoms with E-state index in [2.05, 4.69) is 10.0 Å². The van der Waals surface area contributed by atoms with Crippen LogP contribution in [-0.4, -0.2) is 53.3 Å². The molecule has 0 spiro atoms. The average Bonchev–Trinajstić information content (AvgIpc) is 3.16. The number of methoxy groups -OCH3 is 1. The predicted molar refractivity (Wildman–Crippen MR) is 81.7 cm³/mol. The SMILES string of the molecule is CCOC(=O)c1ccc(S(=O)(=O)NCC2(COC)CCCN2)o1. The van der Waals surface area contributed by atoms with Crippen molar-refractivity contribution in [2.45, 2.75) is 30.4 Å². The summed E-state index contributed by atoms with van der Waals surface area (Å²) in [5, 5.41) is 2.96. The number of nitrogens with one attached hydrogen (secondary N) is 2. The largest absolute Gasteiger partial charge is 0.460 e. The summed E-state index contributed by atoms with van der Waals surface area (Å²) in [4.78, 5) is 11.5. The lowest BCUT2D eigenvalue weighted by Gasteiger charge is -2.28. The number of rotatable bonds is 8. The van der Waals surface area contributed by atoms with Crippen LogP contribution in [0.15, 0.2) is 21.6 Å². The van der Waals surface area contributed by atoms with Gasteiger partial charge >= 0.3 is 5.97 Å². The minimum atomic E-state index is -3.85. The van der Waals surface area contributed by atoms with E-state index < -0.39 is 21.5 Å². The van der Waals surface area contributed by atoms with E-state index in [1.807, 2.05) is 0 Å². The highest BCUT2D eigenvalue weighted by Gasteiger charge is 2.35. The number of hydrogen-bond donors (Lipinski definition) is 2. The summed E-state index contributed by atoms with van der Waals surface area (Å²) in [5.74, 6) is -0.833. The van der Waals surface area contributed by atoms with Crippen LogP contribution in [0, 0.1) is 0 Å². The molecule has 1 unspecified atom stereocenters. The first-order valence-corrected chi connectivity index (χ1v) is 8.91.